The van der Waals surface area contributed by atoms with Gasteiger partial charge in [-0.15, -0.1) is 0 Å². The highest BCUT2D eigenvalue weighted by Gasteiger charge is 2.19. The zero-order valence-electron chi connectivity index (χ0n) is 9.02. The monoisotopic (exact) mass is 251 g/mol. The van der Waals surface area contributed by atoms with E-state index < -0.39 is 28.1 Å². The molecule has 0 spiro atoms. The molecule has 1 amide bonds. The second kappa shape index (κ2) is 6.17. The Balaban J connectivity index is 2.24. The average Bonchev–Trinajstić information content (AvgIpc) is 2.66. The fraction of sp³-hybridized carbons (Fsp3) is 0.889. The molecule has 0 saturated carbocycles. The Labute approximate surface area is 94.9 Å². The van der Waals surface area contributed by atoms with Gasteiger partial charge in [0.25, 0.3) is 0 Å². The molecule has 0 aromatic heterocycles. The Hall–Kier alpha value is -0.660. The molecule has 0 aliphatic carbocycles. The van der Waals surface area contributed by atoms with E-state index in [4.69, 9.17) is 9.84 Å². The Kier molecular flexibility index (Phi) is 5.17. The van der Waals surface area contributed by atoms with E-state index in [0.717, 1.165) is 12.8 Å². The van der Waals surface area contributed by atoms with Crippen molar-refractivity contribution >= 4 is 15.7 Å². The first-order valence-corrected chi connectivity index (χ1v) is 7.05. The van der Waals surface area contributed by atoms with Gasteiger partial charge >= 0.3 is 0 Å². The molecule has 16 heavy (non-hydrogen) atoms. The van der Waals surface area contributed by atoms with Crippen LogP contribution in [-0.4, -0.2) is 56.8 Å². The third-order valence-corrected chi connectivity index (χ3v) is 3.81. The maximum Gasteiger partial charge on any atom is 0.235 e. The van der Waals surface area contributed by atoms with Gasteiger partial charge < -0.3 is 15.2 Å². The number of aliphatic hydroxyl groups excluding tert-OH is 1. The Morgan fingerprint density at radius 1 is 1.50 bits per heavy atom. The van der Waals surface area contributed by atoms with Crippen LogP contribution in [0.1, 0.15) is 12.8 Å². The molecule has 0 aromatic carbocycles. The summed E-state index contributed by atoms with van der Waals surface area (Å²) in [7, 11) is -3.48. The average molecular weight is 251 g/mol. The van der Waals surface area contributed by atoms with Crippen LogP contribution in [0.25, 0.3) is 0 Å². The van der Waals surface area contributed by atoms with Gasteiger partial charge in [-0.25, -0.2) is 8.42 Å². The molecule has 1 unspecified atom stereocenters. The third-order valence-electron chi connectivity index (χ3n) is 2.30. The van der Waals surface area contributed by atoms with Gasteiger partial charge in [-0.05, 0) is 12.8 Å². The standard InChI is InChI=1S/C9H17NO5S/c11-3-5-16(13,14)7-9(12)10-6-8-2-1-4-15-8/h8,11H,1-7H2,(H,10,12). The van der Waals surface area contributed by atoms with Crippen molar-refractivity contribution in [2.24, 2.45) is 0 Å². The van der Waals surface area contributed by atoms with Crippen LogP contribution in [0.15, 0.2) is 0 Å². The van der Waals surface area contributed by atoms with E-state index in [-0.39, 0.29) is 11.9 Å². The normalized spacial score (nSPS) is 20.9. The van der Waals surface area contributed by atoms with Crippen LogP contribution in [0.3, 0.4) is 0 Å². The van der Waals surface area contributed by atoms with Crippen LogP contribution in [0.2, 0.25) is 0 Å². The fourth-order valence-electron chi connectivity index (χ4n) is 1.50. The van der Waals surface area contributed by atoms with Crippen LogP contribution in [0, 0.1) is 0 Å². The first kappa shape index (κ1) is 13.4. The van der Waals surface area contributed by atoms with E-state index in [1.807, 2.05) is 0 Å². The maximum absolute atomic E-state index is 11.3. The molecule has 1 saturated heterocycles. The van der Waals surface area contributed by atoms with Crippen molar-refractivity contribution in [2.45, 2.75) is 18.9 Å². The number of nitrogens with one attached hydrogen (secondary N) is 1. The zero-order valence-corrected chi connectivity index (χ0v) is 9.83. The number of aliphatic hydroxyl groups is 1. The van der Waals surface area contributed by atoms with Gasteiger partial charge in [0.05, 0.1) is 18.5 Å². The van der Waals surface area contributed by atoms with E-state index in [1.165, 1.54) is 0 Å². The lowest BCUT2D eigenvalue weighted by Gasteiger charge is -2.10. The lowest BCUT2D eigenvalue weighted by Crippen LogP contribution is -2.36. The van der Waals surface area contributed by atoms with Gasteiger partial charge in [0.1, 0.15) is 5.75 Å². The third kappa shape index (κ3) is 4.91. The van der Waals surface area contributed by atoms with E-state index in [9.17, 15) is 13.2 Å². The van der Waals surface area contributed by atoms with Crippen LogP contribution >= 0.6 is 0 Å². The van der Waals surface area contributed by atoms with E-state index in [1.54, 1.807) is 0 Å². The van der Waals surface area contributed by atoms with Gasteiger partial charge in [-0.2, -0.15) is 0 Å². The maximum atomic E-state index is 11.3. The van der Waals surface area contributed by atoms with E-state index in [2.05, 4.69) is 5.32 Å². The van der Waals surface area contributed by atoms with Crippen molar-refractivity contribution < 1.29 is 23.1 Å². The quantitative estimate of drug-likeness (QED) is 0.611. The van der Waals surface area contributed by atoms with Crippen LogP contribution in [0.4, 0.5) is 0 Å². The molecule has 0 radical (unpaired) electrons. The van der Waals surface area contributed by atoms with Gasteiger partial charge in [-0.3, -0.25) is 4.79 Å². The lowest BCUT2D eigenvalue weighted by molar-refractivity contribution is -0.119. The predicted octanol–water partition coefficient (Wildman–Crippen LogP) is -1.31. The molecule has 6 nitrogen and oxygen atoms in total. The summed E-state index contributed by atoms with van der Waals surface area (Å²) in [5, 5.41) is 11.0. The number of ether oxygens (including phenoxy) is 1. The Morgan fingerprint density at radius 2 is 2.25 bits per heavy atom. The minimum absolute atomic E-state index is 0.00416. The number of carbonyl (C=O) groups is 1. The second-order valence-electron chi connectivity index (χ2n) is 3.75. The number of hydrogen-bond donors (Lipinski definition) is 2. The lowest BCUT2D eigenvalue weighted by atomic mass is 10.2. The molecule has 1 aliphatic heterocycles. The molecular weight excluding hydrogens is 234 g/mol. The molecular formula is C9H17NO5S. The van der Waals surface area contributed by atoms with Crippen molar-refractivity contribution in [3.63, 3.8) is 0 Å². The second-order valence-corrected chi connectivity index (χ2v) is 5.94. The summed E-state index contributed by atoms with van der Waals surface area (Å²) >= 11 is 0. The molecule has 0 aromatic rings. The summed E-state index contributed by atoms with van der Waals surface area (Å²) in [6, 6.07) is 0. The highest BCUT2D eigenvalue weighted by atomic mass is 32.2. The minimum Gasteiger partial charge on any atom is -0.395 e. The molecule has 1 aliphatic rings. The molecule has 7 heteroatoms. The summed E-state index contributed by atoms with van der Waals surface area (Å²) in [6.45, 7) is 0.595. The minimum atomic E-state index is -3.48. The topological polar surface area (TPSA) is 92.7 Å². The summed E-state index contributed by atoms with van der Waals surface area (Å²) < 4.78 is 27.6. The van der Waals surface area contributed by atoms with Gasteiger partial charge in [0, 0.05) is 13.2 Å². The number of rotatable bonds is 6. The molecule has 0 bridgehead atoms. The summed E-state index contributed by atoms with van der Waals surface area (Å²) in [6.07, 6.45) is 1.87. The van der Waals surface area contributed by atoms with Gasteiger partial charge in [0.2, 0.25) is 5.91 Å². The number of sulfone groups is 1. The van der Waals surface area contributed by atoms with Gasteiger partial charge in [-0.1, -0.05) is 0 Å². The van der Waals surface area contributed by atoms with Crippen molar-refractivity contribution in [3.05, 3.63) is 0 Å². The summed E-state index contributed by atoms with van der Waals surface area (Å²) in [4.78, 5) is 11.3. The van der Waals surface area contributed by atoms with E-state index in [0.29, 0.717) is 13.2 Å². The van der Waals surface area contributed by atoms with Crippen molar-refractivity contribution in [1.29, 1.82) is 0 Å². The molecule has 1 atom stereocenters. The summed E-state index contributed by atoms with van der Waals surface area (Å²) in [5.74, 6) is -1.48. The first-order valence-electron chi connectivity index (χ1n) is 5.23. The Bertz CT molecular complexity index is 321. The molecule has 1 fully saturated rings. The SMILES string of the molecule is O=C(CS(=O)(=O)CCO)NCC1CCCO1. The number of hydrogen-bond acceptors (Lipinski definition) is 5. The van der Waals surface area contributed by atoms with E-state index >= 15 is 0 Å². The smallest absolute Gasteiger partial charge is 0.235 e. The largest absolute Gasteiger partial charge is 0.395 e. The van der Waals surface area contributed by atoms with Crippen molar-refractivity contribution in [1.82, 2.24) is 5.32 Å². The van der Waals surface area contributed by atoms with Crippen LogP contribution in [0.5, 0.6) is 0 Å². The highest BCUT2D eigenvalue weighted by molar-refractivity contribution is 7.92. The van der Waals surface area contributed by atoms with Crippen molar-refractivity contribution in [3.8, 4) is 0 Å². The van der Waals surface area contributed by atoms with Crippen molar-refractivity contribution in [2.75, 3.05) is 31.3 Å². The molecule has 2 N–H and O–H groups in total. The first-order chi connectivity index (χ1) is 7.53. The van der Waals surface area contributed by atoms with Gasteiger partial charge in [0.15, 0.2) is 9.84 Å². The fourth-order valence-corrected chi connectivity index (χ4v) is 2.42. The Morgan fingerprint density at radius 3 is 2.81 bits per heavy atom. The highest BCUT2D eigenvalue weighted by Crippen LogP contribution is 2.10. The number of carbonyl (C=O) groups excluding carboxylic acids is 1. The van der Waals surface area contributed by atoms with Crippen LogP contribution < -0.4 is 5.32 Å². The predicted molar refractivity (Wildman–Crippen MR) is 57.7 cm³/mol. The molecule has 94 valence electrons. The summed E-state index contributed by atoms with van der Waals surface area (Å²) in [5.41, 5.74) is 0. The number of amides is 1. The molecule has 1 rings (SSSR count). The van der Waals surface area contributed by atoms with Crippen LogP contribution in [-0.2, 0) is 19.4 Å². The molecule has 1 heterocycles. The zero-order chi connectivity index (χ0) is 12.0.